The molecule has 3 heteroatoms. The van der Waals surface area contributed by atoms with Gasteiger partial charge in [0, 0.05) is 0 Å². The van der Waals surface area contributed by atoms with E-state index in [1.807, 2.05) is 0 Å². The predicted molar refractivity (Wildman–Crippen MR) is 106 cm³/mol. The van der Waals surface area contributed by atoms with Crippen LogP contribution in [-0.4, -0.2) is 29.7 Å². The number of rotatable bonds is 3. The molecule has 0 unspecified atom stereocenters. The second kappa shape index (κ2) is 7.33. The van der Waals surface area contributed by atoms with Gasteiger partial charge in [-0.05, 0) is 0 Å². The van der Waals surface area contributed by atoms with Crippen molar-refractivity contribution in [1.82, 2.24) is 4.48 Å². The van der Waals surface area contributed by atoms with Crippen LogP contribution in [0.25, 0.3) is 3.59 Å². The Hall–Kier alpha value is -0.896. The molecule has 0 N–H and O–H groups in total. The average Bonchev–Trinajstić information content (AvgIpc) is 2.94. The molecule has 1 aromatic heterocycles. The molecule has 120 valence electrons. The molecule has 0 aliphatic carbocycles. The Morgan fingerprint density at radius 2 is 1.61 bits per heavy atom. The van der Waals surface area contributed by atoms with E-state index in [-0.39, 0.29) is 0 Å². The monoisotopic (exact) mass is 413 g/mol. The first-order valence-corrected chi connectivity index (χ1v) is 19.0. The second-order valence-corrected chi connectivity index (χ2v) is 22.0. The quantitative estimate of drug-likeness (QED) is 0.565. The summed E-state index contributed by atoms with van der Waals surface area (Å²) >= 11 is -2.24. The van der Waals surface area contributed by atoms with Crippen LogP contribution >= 0.6 is 0 Å². The van der Waals surface area contributed by atoms with Crippen LogP contribution in [0.15, 0.2) is 60.3 Å². The summed E-state index contributed by atoms with van der Waals surface area (Å²) in [6.07, 6.45) is 11.2. The zero-order valence-electron chi connectivity index (χ0n) is 14.8. The summed E-state index contributed by atoms with van der Waals surface area (Å²) in [4.78, 5) is 7.71. The number of hydrogen-bond donors (Lipinski definition) is 0. The zero-order chi connectivity index (χ0) is 16.3. The van der Waals surface area contributed by atoms with E-state index in [0.29, 0.717) is 6.85 Å². The van der Waals surface area contributed by atoms with E-state index >= 15 is 0 Å². The van der Waals surface area contributed by atoms with Crippen molar-refractivity contribution in [2.24, 2.45) is 0 Å². The Balaban J connectivity index is 2.17. The maximum absolute atomic E-state index is 2.57. The van der Waals surface area contributed by atoms with Gasteiger partial charge in [-0.2, -0.15) is 0 Å². The van der Waals surface area contributed by atoms with Crippen LogP contribution in [0.4, 0.5) is 0 Å². The van der Waals surface area contributed by atoms with E-state index in [9.17, 15) is 0 Å². The predicted octanol–water partition coefficient (Wildman–Crippen LogP) is 5.77. The third-order valence-electron chi connectivity index (χ3n) is 4.95. The molecule has 1 aromatic carbocycles. The van der Waals surface area contributed by atoms with E-state index in [0.717, 1.165) is 0 Å². The van der Waals surface area contributed by atoms with Gasteiger partial charge >= 0.3 is 146 Å². The molecular formula is C20H28BNSn. The molecule has 1 fully saturated rings. The van der Waals surface area contributed by atoms with E-state index in [2.05, 4.69) is 74.2 Å². The van der Waals surface area contributed by atoms with Crippen LogP contribution in [0.3, 0.4) is 0 Å². The fraction of sp³-hybridized carbons (Fsp3) is 0.400. The van der Waals surface area contributed by atoms with E-state index < -0.39 is 18.4 Å². The van der Waals surface area contributed by atoms with Crippen molar-refractivity contribution >= 4 is 28.8 Å². The number of allylic oxidation sites excluding steroid dienone is 1. The second-order valence-electron chi connectivity index (χ2n) is 7.76. The fourth-order valence-electron chi connectivity index (χ4n) is 4.05. The Morgan fingerprint density at radius 1 is 0.913 bits per heavy atom. The molecule has 2 aromatic rings. The van der Waals surface area contributed by atoms with Crippen LogP contribution in [0.1, 0.15) is 31.2 Å². The molecule has 1 nitrogen and oxygen atoms in total. The molecular weight excluding hydrogens is 384 g/mol. The van der Waals surface area contributed by atoms with Gasteiger partial charge in [-0.1, -0.05) is 0 Å². The summed E-state index contributed by atoms with van der Waals surface area (Å²) in [7, 11) is 0. The Labute approximate surface area is 145 Å². The van der Waals surface area contributed by atoms with Crippen LogP contribution < -0.4 is 0 Å². The summed E-state index contributed by atoms with van der Waals surface area (Å²) in [6, 6.07) is 15.6. The van der Waals surface area contributed by atoms with Gasteiger partial charge in [0.15, 0.2) is 0 Å². The Kier molecular flexibility index (Phi) is 5.40. The molecule has 0 bridgehead atoms. The number of hydrogen-bond acceptors (Lipinski definition) is 0. The minimum atomic E-state index is -2.24. The van der Waals surface area contributed by atoms with Crippen molar-refractivity contribution in [2.75, 3.05) is 0 Å². The van der Waals surface area contributed by atoms with Crippen LogP contribution in [0.5, 0.6) is 0 Å². The standard InChI is InChI=1S/C17H19BN.3CH3.Sn/c1-3-9-16(10-4-1)15-17-11-5-2-6-12-18(17)19-13-7-8-14-19;;;;/h1,3-4,7-10,13-14H,2,5-6,11-12H2;3*1H3;. The third kappa shape index (κ3) is 3.96. The maximum atomic E-state index is 2.57. The first-order valence-electron chi connectivity index (χ1n) is 8.99. The summed E-state index contributed by atoms with van der Waals surface area (Å²) < 4.78 is 4.22. The van der Waals surface area contributed by atoms with Crippen molar-refractivity contribution in [1.29, 1.82) is 0 Å². The third-order valence-corrected chi connectivity index (χ3v) is 11.0. The number of nitrogens with zero attached hydrogens (tertiary/aromatic N) is 1. The molecule has 0 radical (unpaired) electrons. The fourth-order valence-corrected chi connectivity index (χ4v) is 10.6. The van der Waals surface area contributed by atoms with E-state index in [1.54, 1.807) is 9.06 Å². The van der Waals surface area contributed by atoms with Crippen LogP contribution in [0.2, 0.25) is 21.1 Å². The van der Waals surface area contributed by atoms with E-state index in [1.165, 1.54) is 37.6 Å². The molecule has 2 heterocycles. The molecule has 23 heavy (non-hydrogen) atoms. The topological polar surface area (TPSA) is 4.93 Å². The van der Waals surface area contributed by atoms with E-state index in [4.69, 9.17) is 0 Å². The molecule has 0 spiro atoms. The molecule has 3 rings (SSSR count). The van der Waals surface area contributed by atoms with Gasteiger partial charge in [-0.15, -0.1) is 0 Å². The molecule has 1 aliphatic rings. The molecule has 1 saturated heterocycles. The first kappa shape index (κ1) is 16.9. The summed E-state index contributed by atoms with van der Waals surface area (Å²) in [6.45, 7) is 0.568. The molecule has 0 saturated carbocycles. The van der Waals surface area contributed by atoms with Gasteiger partial charge in [0.25, 0.3) is 0 Å². The summed E-state index contributed by atoms with van der Waals surface area (Å²) in [5.41, 5.74) is 3.23. The van der Waals surface area contributed by atoms with Gasteiger partial charge < -0.3 is 0 Å². The zero-order valence-corrected chi connectivity index (χ0v) is 17.6. The molecule has 0 amide bonds. The van der Waals surface area contributed by atoms with Crippen molar-refractivity contribution < 1.29 is 0 Å². The number of aromatic nitrogens is 1. The van der Waals surface area contributed by atoms with Gasteiger partial charge in [0.1, 0.15) is 0 Å². The van der Waals surface area contributed by atoms with Crippen LogP contribution in [0, 0.1) is 0 Å². The number of benzene rings is 1. The normalized spacial score (nSPS) is 18.7. The molecule has 1 aliphatic heterocycles. The SMILES string of the molecule is [CH3][Sn]([CH3])([CH3])/[C](=C1/CCCCCB1n1cccc1)c1ccccc1. The summed E-state index contributed by atoms with van der Waals surface area (Å²) in [5, 5.41) is 0. The summed E-state index contributed by atoms with van der Waals surface area (Å²) in [5.74, 6) is 0. The first-order chi connectivity index (χ1) is 11.1. The van der Waals surface area contributed by atoms with Crippen molar-refractivity contribution in [2.45, 2.75) is 46.8 Å². The van der Waals surface area contributed by atoms with Crippen molar-refractivity contribution in [3.63, 3.8) is 0 Å². The molecule has 0 atom stereocenters. The van der Waals surface area contributed by atoms with Crippen molar-refractivity contribution in [3.8, 4) is 0 Å². The van der Waals surface area contributed by atoms with Gasteiger partial charge in [0.05, 0.1) is 0 Å². The Bertz CT molecular complexity index is 653. The minimum absolute atomic E-state index is 0.568. The van der Waals surface area contributed by atoms with Crippen LogP contribution in [-0.2, 0) is 0 Å². The van der Waals surface area contributed by atoms with Gasteiger partial charge in [0.2, 0.25) is 0 Å². The van der Waals surface area contributed by atoms with Gasteiger partial charge in [-0.25, -0.2) is 0 Å². The van der Waals surface area contributed by atoms with Crippen molar-refractivity contribution in [3.05, 3.63) is 65.9 Å². The van der Waals surface area contributed by atoms with Gasteiger partial charge in [-0.3, -0.25) is 0 Å². The Morgan fingerprint density at radius 3 is 2.26 bits per heavy atom. The average molecular weight is 412 g/mol.